The molecule has 4 nitrogen and oxygen atoms in total. The number of nitrogens with zero attached hydrogens (tertiary/aromatic N) is 2. The highest BCUT2D eigenvalue weighted by Crippen LogP contribution is 2.45. The summed E-state index contributed by atoms with van der Waals surface area (Å²) in [6.45, 7) is 0. The van der Waals surface area contributed by atoms with Crippen LogP contribution in [0.2, 0.25) is 5.02 Å². The molecule has 138 valence electrons. The van der Waals surface area contributed by atoms with Crippen molar-refractivity contribution in [2.24, 2.45) is 0 Å². The fourth-order valence-corrected chi connectivity index (χ4v) is 5.38. The van der Waals surface area contributed by atoms with Crippen LogP contribution >= 0.6 is 51.1 Å². The second kappa shape index (κ2) is 7.75. The van der Waals surface area contributed by atoms with Crippen LogP contribution in [0.4, 0.5) is 5.69 Å². The number of hydrogen-bond acceptors (Lipinski definition) is 4. The standard InChI is InChI=1S/C19H15BrClN3OS2/c1-25-15-6-5-12(9-13(15)21)24-18(16-8-11(20)10-27-16)17(23-19(24)26)14-4-2-3-7-22-14/h2-10,17-18H,1H3,(H,23,26)/t17-,18+/m1/s1. The van der Waals surface area contributed by atoms with Gasteiger partial charge in [0.2, 0.25) is 0 Å². The lowest BCUT2D eigenvalue weighted by Crippen LogP contribution is -2.29. The summed E-state index contributed by atoms with van der Waals surface area (Å²) in [4.78, 5) is 7.82. The summed E-state index contributed by atoms with van der Waals surface area (Å²) in [5, 5.41) is 6.70. The van der Waals surface area contributed by atoms with E-state index in [-0.39, 0.29) is 12.1 Å². The van der Waals surface area contributed by atoms with Crippen LogP contribution in [0.15, 0.2) is 58.5 Å². The Labute approximate surface area is 180 Å². The number of thiophene rings is 1. The molecule has 2 aromatic heterocycles. The number of rotatable bonds is 4. The van der Waals surface area contributed by atoms with E-state index in [9.17, 15) is 0 Å². The van der Waals surface area contributed by atoms with Crippen molar-refractivity contribution in [1.82, 2.24) is 10.3 Å². The zero-order chi connectivity index (χ0) is 19.0. The average molecular weight is 481 g/mol. The third-order valence-electron chi connectivity index (χ3n) is 4.39. The second-order valence-electron chi connectivity index (χ2n) is 5.98. The molecule has 0 spiro atoms. The van der Waals surface area contributed by atoms with Gasteiger partial charge in [-0.1, -0.05) is 17.7 Å². The Bertz CT molecular complexity index is 982. The van der Waals surface area contributed by atoms with E-state index in [0.29, 0.717) is 15.9 Å². The predicted molar refractivity (Wildman–Crippen MR) is 118 cm³/mol. The molecule has 1 aliphatic heterocycles. The quantitative estimate of drug-likeness (QED) is 0.482. The Balaban J connectivity index is 1.81. The first kappa shape index (κ1) is 18.7. The molecule has 0 unspecified atom stereocenters. The molecule has 1 saturated heterocycles. The van der Waals surface area contributed by atoms with Crippen molar-refractivity contribution in [3.05, 3.63) is 74.1 Å². The fourth-order valence-electron chi connectivity index (χ4n) is 3.21. The molecule has 2 atom stereocenters. The largest absolute Gasteiger partial charge is 0.495 e. The summed E-state index contributed by atoms with van der Waals surface area (Å²) >= 11 is 17.3. The van der Waals surface area contributed by atoms with Gasteiger partial charge in [0.15, 0.2) is 5.11 Å². The summed E-state index contributed by atoms with van der Waals surface area (Å²) in [6, 6.07) is 13.6. The van der Waals surface area contributed by atoms with Crippen molar-refractivity contribution in [2.45, 2.75) is 12.1 Å². The molecule has 0 saturated carbocycles. The Hall–Kier alpha value is -1.67. The Kier molecular flexibility index (Phi) is 5.36. The van der Waals surface area contributed by atoms with E-state index < -0.39 is 0 Å². The molecule has 0 aliphatic carbocycles. The number of thiocarbonyl (C=S) groups is 1. The summed E-state index contributed by atoms with van der Waals surface area (Å²) in [5.74, 6) is 0.634. The molecule has 8 heteroatoms. The molecule has 1 aromatic carbocycles. The van der Waals surface area contributed by atoms with Gasteiger partial charge in [-0.25, -0.2) is 0 Å². The van der Waals surface area contributed by atoms with Gasteiger partial charge in [0.05, 0.1) is 29.9 Å². The third kappa shape index (κ3) is 3.57. The molecule has 1 aliphatic rings. The van der Waals surface area contributed by atoms with Crippen LogP contribution in [0.25, 0.3) is 0 Å². The van der Waals surface area contributed by atoms with Crippen molar-refractivity contribution < 1.29 is 4.74 Å². The Morgan fingerprint density at radius 1 is 1.30 bits per heavy atom. The SMILES string of the molecule is COc1ccc(N2C(=S)N[C@H](c3ccccn3)[C@@H]2c2cc(Br)cs2)cc1Cl. The molecule has 0 bridgehead atoms. The molecular weight excluding hydrogens is 466 g/mol. The lowest BCUT2D eigenvalue weighted by Gasteiger charge is -2.27. The summed E-state index contributed by atoms with van der Waals surface area (Å²) in [7, 11) is 1.60. The van der Waals surface area contributed by atoms with Crippen LogP contribution in [0.1, 0.15) is 22.7 Å². The number of ether oxygens (including phenoxy) is 1. The van der Waals surface area contributed by atoms with Gasteiger partial charge in [-0.2, -0.15) is 0 Å². The smallest absolute Gasteiger partial charge is 0.174 e. The van der Waals surface area contributed by atoms with Gasteiger partial charge in [0, 0.05) is 26.6 Å². The highest BCUT2D eigenvalue weighted by molar-refractivity contribution is 9.10. The lowest BCUT2D eigenvalue weighted by atomic mass is 10.0. The summed E-state index contributed by atoms with van der Waals surface area (Å²) in [6.07, 6.45) is 1.80. The number of hydrogen-bond donors (Lipinski definition) is 1. The van der Waals surface area contributed by atoms with Gasteiger partial charge in [0.25, 0.3) is 0 Å². The molecule has 3 aromatic rings. The van der Waals surface area contributed by atoms with Crippen LogP contribution in [0, 0.1) is 0 Å². The molecule has 27 heavy (non-hydrogen) atoms. The molecule has 3 heterocycles. The van der Waals surface area contributed by atoms with Crippen molar-refractivity contribution in [1.29, 1.82) is 0 Å². The maximum absolute atomic E-state index is 6.37. The molecule has 0 radical (unpaired) electrons. The first-order chi connectivity index (χ1) is 13.1. The normalized spacial score (nSPS) is 19.2. The number of benzene rings is 1. The number of pyridine rings is 1. The summed E-state index contributed by atoms with van der Waals surface area (Å²) < 4.78 is 6.33. The van der Waals surface area contributed by atoms with Crippen LogP contribution in [-0.2, 0) is 0 Å². The van der Waals surface area contributed by atoms with Gasteiger partial charge in [0.1, 0.15) is 5.75 Å². The zero-order valence-corrected chi connectivity index (χ0v) is 18.2. The molecule has 0 amide bonds. The monoisotopic (exact) mass is 479 g/mol. The molecule has 1 N–H and O–H groups in total. The minimum absolute atomic E-state index is 0.0341. The van der Waals surface area contributed by atoms with Gasteiger partial charge >= 0.3 is 0 Å². The van der Waals surface area contributed by atoms with Crippen molar-refractivity contribution >= 4 is 61.9 Å². The van der Waals surface area contributed by atoms with E-state index in [1.165, 1.54) is 4.88 Å². The Morgan fingerprint density at radius 3 is 2.78 bits per heavy atom. The summed E-state index contributed by atoms with van der Waals surface area (Å²) in [5.41, 5.74) is 1.85. The number of methoxy groups -OCH3 is 1. The minimum Gasteiger partial charge on any atom is -0.495 e. The van der Waals surface area contributed by atoms with Gasteiger partial charge in [-0.15, -0.1) is 11.3 Å². The van der Waals surface area contributed by atoms with Gasteiger partial charge in [-0.05, 0) is 64.5 Å². The molecule has 1 fully saturated rings. The Morgan fingerprint density at radius 2 is 2.15 bits per heavy atom. The van der Waals surface area contributed by atoms with Crippen molar-refractivity contribution in [3.63, 3.8) is 0 Å². The minimum atomic E-state index is -0.0647. The van der Waals surface area contributed by atoms with Crippen LogP contribution < -0.4 is 15.0 Å². The zero-order valence-electron chi connectivity index (χ0n) is 14.2. The van der Waals surface area contributed by atoms with Gasteiger partial charge in [-0.3, -0.25) is 4.98 Å². The van der Waals surface area contributed by atoms with E-state index in [0.717, 1.165) is 15.9 Å². The molecular formula is C19H15BrClN3OS2. The van der Waals surface area contributed by atoms with Crippen LogP contribution in [0.3, 0.4) is 0 Å². The lowest BCUT2D eigenvalue weighted by molar-refractivity contribution is 0.415. The maximum atomic E-state index is 6.37. The number of anilines is 1. The first-order valence-corrected chi connectivity index (χ1v) is 10.6. The number of aromatic nitrogens is 1. The highest BCUT2D eigenvalue weighted by atomic mass is 79.9. The van der Waals surface area contributed by atoms with E-state index >= 15 is 0 Å². The van der Waals surface area contributed by atoms with E-state index in [2.05, 4.69) is 42.6 Å². The first-order valence-electron chi connectivity index (χ1n) is 8.16. The predicted octanol–water partition coefficient (Wildman–Crippen LogP) is 5.74. The van der Waals surface area contributed by atoms with Crippen molar-refractivity contribution in [3.8, 4) is 5.75 Å². The van der Waals surface area contributed by atoms with Gasteiger partial charge < -0.3 is 15.0 Å². The van der Waals surface area contributed by atoms with E-state index in [1.54, 1.807) is 24.6 Å². The van der Waals surface area contributed by atoms with E-state index in [4.69, 9.17) is 28.6 Å². The molecule has 4 rings (SSSR count). The highest BCUT2D eigenvalue weighted by Gasteiger charge is 2.41. The van der Waals surface area contributed by atoms with Crippen LogP contribution in [0.5, 0.6) is 5.75 Å². The van der Waals surface area contributed by atoms with E-state index in [1.807, 2.05) is 36.4 Å². The fraction of sp³-hybridized carbons (Fsp3) is 0.158. The number of halogens is 2. The topological polar surface area (TPSA) is 37.4 Å². The van der Waals surface area contributed by atoms with Crippen LogP contribution in [-0.4, -0.2) is 17.2 Å². The second-order valence-corrected chi connectivity index (χ2v) is 8.64. The third-order valence-corrected chi connectivity index (χ3v) is 6.76. The maximum Gasteiger partial charge on any atom is 0.174 e. The van der Waals surface area contributed by atoms with Crippen molar-refractivity contribution in [2.75, 3.05) is 12.0 Å². The average Bonchev–Trinajstić information content (AvgIpc) is 3.25. The number of nitrogens with one attached hydrogen (secondary N) is 1.